The molecule has 2 heteroatoms. The molecule has 1 aliphatic rings. The maximum Gasteiger partial charge on any atom is 0.00926 e. The van der Waals surface area contributed by atoms with Gasteiger partial charge in [-0.25, -0.2) is 0 Å². The summed E-state index contributed by atoms with van der Waals surface area (Å²) in [5.74, 6) is 0. The van der Waals surface area contributed by atoms with Crippen molar-refractivity contribution < 1.29 is 4.70 Å². The van der Waals surface area contributed by atoms with Gasteiger partial charge in [-0.1, -0.05) is 65.2 Å². The van der Waals surface area contributed by atoms with Gasteiger partial charge in [0.15, 0.2) is 0 Å². The molecule has 0 spiro atoms. The Morgan fingerprint density at radius 1 is 0.842 bits per heavy atom. The van der Waals surface area contributed by atoms with E-state index < -0.39 is 0 Å². The van der Waals surface area contributed by atoms with Crippen molar-refractivity contribution in [1.29, 1.82) is 0 Å². The van der Waals surface area contributed by atoms with Crippen molar-refractivity contribution in [2.75, 3.05) is 13.1 Å². The Labute approximate surface area is 120 Å². The van der Waals surface area contributed by atoms with E-state index in [9.17, 15) is 0 Å². The highest BCUT2D eigenvalue weighted by atomic mass is 19.0. The highest BCUT2D eigenvalue weighted by Gasteiger charge is 2.19. The number of unbranched alkanes of at least 4 members (excludes halogenated alkanes) is 7. The van der Waals surface area contributed by atoms with Crippen molar-refractivity contribution in [3.05, 3.63) is 0 Å². The molecule has 1 unspecified atom stereocenters. The first kappa shape index (κ1) is 18.9. The smallest absolute Gasteiger partial charge is 0.00926 e. The molecule has 0 radical (unpaired) electrons. The van der Waals surface area contributed by atoms with Crippen molar-refractivity contribution >= 4 is 0 Å². The van der Waals surface area contributed by atoms with Crippen molar-refractivity contribution in [1.82, 2.24) is 4.90 Å². The molecule has 0 saturated carbocycles. The standard InChI is InChI=1S/C17H35N.FH/c1-3-5-6-7-8-9-10-12-15-18-16-13-11-14-17(18)4-2;/h17H,3-16H2,1-2H3;1H. The van der Waals surface area contributed by atoms with Crippen LogP contribution in [-0.2, 0) is 0 Å². The van der Waals surface area contributed by atoms with Gasteiger partial charge in [-0.3, -0.25) is 4.70 Å². The average Bonchev–Trinajstić information content (AvgIpc) is 2.42. The van der Waals surface area contributed by atoms with Gasteiger partial charge >= 0.3 is 0 Å². The van der Waals surface area contributed by atoms with Crippen molar-refractivity contribution in [2.24, 2.45) is 0 Å². The Hall–Kier alpha value is -0.110. The largest absolute Gasteiger partial charge is 0.300 e. The zero-order chi connectivity index (χ0) is 13.1. The quantitative estimate of drug-likeness (QED) is 0.472. The van der Waals surface area contributed by atoms with E-state index in [2.05, 4.69) is 18.7 Å². The van der Waals surface area contributed by atoms with Crippen molar-refractivity contribution in [3.63, 3.8) is 0 Å². The lowest BCUT2D eigenvalue weighted by Crippen LogP contribution is -2.39. The molecule has 1 rings (SSSR count). The van der Waals surface area contributed by atoms with Crippen LogP contribution in [0.15, 0.2) is 0 Å². The van der Waals surface area contributed by atoms with E-state index in [1.807, 2.05) is 0 Å². The van der Waals surface area contributed by atoms with Crippen LogP contribution in [0.1, 0.15) is 90.9 Å². The van der Waals surface area contributed by atoms with Gasteiger partial charge in [0.25, 0.3) is 0 Å². The summed E-state index contributed by atoms with van der Waals surface area (Å²) < 4.78 is 0. The number of nitrogens with zero attached hydrogens (tertiary/aromatic N) is 1. The summed E-state index contributed by atoms with van der Waals surface area (Å²) in [5, 5.41) is 0. The molecule has 0 aliphatic carbocycles. The Bertz CT molecular complexity index is 184. The number of rotatable bonds is 10. The van der Waals surface area contributed by atoms with E-state index in [0.717, 1.165) is 6.04 Å². The molecule has 0 aromatic carbocycles. The summed E-state index contributed by atoms with van der Waals surface area (Å²) >= 11 is 0. The van der Waals surface area contributed by atoms with Crippen LogP contribution in [0.2, 0.25) is 0 Å². The van der Waals surface area contributed by atoms with Crippen LogP contribution in [0.5, 0.6) is 0 Å². The fourth-order valence-electron chi connectivity index (χ4n) is 3.27. The second kappa shape index (κ2) is 12.9. The molecule has 0 bridgehead atoms. The number of hydrogen-bond acceptors (Lipinski definition) is 1. The predicted octanol–water partition coefficient (Wildman–Crippen LogP) is 5.54. The van der Waals surface area contributed by atoms with Gasteiger partial charge in [0, 0.05) is 6.04 Å². The third-order valence-corrected chi connectivity index (χ3v) is 4.52. The molecule has 1 atom stereocenters. The van der Waals surface area contributed by atoms with Gasteiger partial charge in [-0.05, 0) is 38.8 Å². The predicted molar refractivity (Wildman–Crippen MR) is 84.6 cm³/mol. The van der Waals surface area contributed by atoms with E-state index in [-0.39, 0.29) is 4.70 Å². The summed E-state index contributed by atoms with van der Waals surface area (Å²) in [6.07, 6.45) is 17.3. The molecule has 0 aromatic rings. The fourth-order valence-corrected chi connectivity index (χ4v) is 3.27. The Morgan fingerprint density at radius 3 is 2.11 bits per heavy atom. The second-order valence-electron chi connectivity index (χ2n) is 6.07. The van der Waals surface area contributed by atoms with Gasteiger partial charge in [0.2, 0.25) is 0 Å². The summed E-state index contributed by atoms with van der Waals surface area (Å²) in [6, 6.07) is 0.906. The fraction of sp³-hybridized carbons (Fsp3) is 1.00. The van der Waals surface area contributed by atoms with Gasteiger partial charge < -0.3 is 4.90 Å². The minimum Gasteiger partial charge on any atom is -0.300 e. The summed E-state index contributed by atoms with van der Waals surface area (Å²) in [4.78, 5) is 2.76. The third-order valence-electron chi connectivity index (χ3n) is 4.52. The van der Waals surface area contributed by atoms with E-state index in [0.29, 0.717) is 0 Å². The first-order valence-electron chi connectivity index (χ1n) is 8.62. The van der Waals surface area contributed by atoms with Crippen LogP contribution < -0.4 is 0 Å². The molecule has 1 fully saturated rings. The molecule has 1 saturated heterocycles. The SMILES string of the molecule is CCCCCCCCCCN1CCCCC1CC.F. The molecule has 1 aliphatic heterocycles. The van der Waals surface area contributed by atoms with E-state index >= 15 is 0 Å². The maximum absolute atomic E-state index is 2.76. The van der Waals surface area contributed by atoms with E-state index in [1.54, 1.807) is 0 Å². The minimum absolute atomic E-state index is 0. The van der Waals surface area contributed by atoms with E-state index in [4.69, 9.17) is 0 Å². The molecule has 0 aromatic heterocycles. The van der Waals surface area contributed by atoms with Gasteiger partial charge in [-0.15, -0.1) is 0 Å². The van der Waals surface area contributed by atoms with Crippen LogP contribution in [0, 0.1) is 0 Å². The van der Waals surface area contributed by atoms with Crippen LogP contribution in [0.25, 0.3) is 0 Å². The highest BCUT2D eigenvalue weighted by Crippen LogP contribution is 2.20. The van der Waals surface area contributed by atoms with Crippen molar-refractivity contribution in [3.8, 4) is 0 Å². The molecule has 0 amide bonds. The summed E-state index contributed by atoms with van der Waals surface area (Å²) in [5.41, 5.74) is 0. The second-order valence-corrected chi connectivity index (χ2v) is 6.07. The normalized spacial score (nSPS) is 20.2. The van der Waals surface area contributed by atoms with Crippen LogP contribution >= 0.6 is 0 Å². The Kier molecular flexibility index (Phi) is 12.8. The lowest BCUT2D eigenvalue weighted by molar-refractivity contribution is 0.141. The molecule has 1 heterocycles. The van der Waals surface area contributed by atoms with Crippen LogP contribution in [-0.4, -0.2) is 24.0 Å². The lowest BCUT2D eigenvalue weighted by Gasteiger charge is -2.35. The molecular weight excluding hydrogens is 237 g/mol. The van der Waals surface area contributed by atoms with Gasteiger partial charge in [0.1, 0.15) is 0 Å². The first-order chi connectivity index (χ1) is 8.88. The molecular formula is C17H36FN. The van der Waals surface area contributed by atoms with Gasteiger partial charge in [-0.2, -0.15) is 0 Å². The Morgan fingerprint density at radius 2 is 1.47 bits per heavy atom. The average molecular weight is 273 g/mol. The first-order valence-corrected chi connectivity index (χ1v) is 8.62. The highest BCUT2D eigenvalue weighted by molar-refractivity contribution is 4.75. The van der Waals surface area contributed by atoms with E-state index in [1.165, 1.54) is 90.1 Å². The summed E-state index contributed by atoms with van der Waals surface area (Å²) in [6.45, 7) is 7.39. The minimum atomic E-state index is 0. The topological polar surface area (TPSA) is 3.24 Å². The zero-order valence-electron chi connectivity index (χ0n) is 13.3. The molecule has 0 N–H and O–H groups in total. The third kappa shape index (κ3) is 8.62. The molecule has 1 nitrogen and oxygen atoms in total. The monoisotopic (exact) mass is 273 g/mol. The van der Waals surface area contributed by atoms with Crippen LogP contribution in [0.4, 0.5) is 4.70 Å². The molecule has 19 heavy (non-hydrogen) atoms. The van der Waals surface area contributed by atoms with Crippen LogP contribution in [0.3, 0.4) is 0 Å². The number of piperidine rings is 1. The van der Waals surface area contributed by atoms with Gasteiger partial charge in [0.05, 0.1) is 0 Å². The number of halogens is 1. The zero-order valence-corrected chi connectivity index (χ0v) is 13.3. The number of hydrogen-bond donors (Lipinski definition) is 0. The van der Waals surface area contributed by atoms with Crippen molar-refractivity contribution in [2.45, 2.75) is 96.9 Å². The lowest BCUT2D eigenvalue weighted by atomic mass is 9.99. The molecule has 116 valence electrons. The number of likely N-dealkylation sites (tertiary alicyclic amines) is 1. The maximum atomic E-state index is 2.76. The Balaban J connectivity index is 0.00000324. The summed E-state index contributed by atoms with van der Waals surface area (Å²) in [7, 11) is 0.